The van der Waals surface area contributed by atoms with E-state index in [0.717, 1.165) is 22.2 Å². The summed E-state index contributed by atoms with van der Waals surface area (Å²) in [6, 6.07) is 14.0. The fraction of sp³-hybridized carbons (Fsp3) is 0.105. The lowest BCUT2D eigenvalue weighted by atomic mass is 10.2. The SMILES string of the molecule is O=C(NCCN1C(=O)SC(=Cc2ccccc2)C1=O)c1cccc(Cl)c1Cl. The molecule has 1 aliphatic heterocycles. The monoisotopic (exact) mass is 420 g/mol. The summed E-state index contributed by atoms with van der Waals surface area (Å²) >= 11 is 12.8. The van der Waals surface area contributed by atoms with Crippen molar-refractivity contribution < 1.29 is 14.4 Å². The molecule has 2 aromatic carbocycles. The molecule has 0 saturated carbocycles. The molecular formula is C19H14Cl2N2O3S. The molecule has 0 atom stereocenters. The lowest BCUT2D eigenvalue weighted by Crippen LogP contribution is -2.37. The van der Waals surface area contributed by atoms with E-state index in [1.54, 1.807) is 24.3 Å². The number of nitrogens with zero attached hydrogens (tertiary/aromatic N) is 1. The number of benzene rings is 2. The molecule has 1 saturated heterocycles. The summed E-state index contributed by atoms with van der Waals surface area (Å²) in [7, 11) is 0. The van der Waals surface area contributed by atoms with Gasteiger partial charge in [-0.05, 0) is 35.5 Å². The number of halogens is 2. The smallest absolute Gasteiger partial charge is 0.293 e. The first-order chi connectivity index (χ1) is 13.0. The maximum Gasteiger partial charge on any atom is 0.293 e. The van der Waals surface area contributed by atoms with Crippen LogP contribution in [0.2, 0.25) is 10.0 Å². The minimum absolute atomic E-state index is 0.0702. The Hall–Kier alpha value is -2.28. The average Bonchev–Trinajstić information content (AvgIpc) is 2.92. The summed E-state index contributed by atoms with van der Waals surface area (Å²) in [5.74, 6) is -0.793. The van der Waals surface area contributed by atoms with Crippen molar-refractivity contribution in [3.63, 3.8) is 0 Å². The van der Waals surface area contributed by atoms with Crippen LogP contribution in [0, 0.1) is 0 Å². The Labute approximate surface area is 170 Å². The van der Waals surface area contributed by atoms with E-state index in [0.29, 0.717) is 4.91 Å². The molecule has 1 heterocycles. The number of carbonyl (C=O) groups is 3. The third-order valence-electron chi connectivity index (χ3n) is 3.79. The molecule has 138 valence electrons. The summed E-state index contributed by atoms with van der Waals surface area (Å²) in [5, 5.41) is 2.72. The largest absolute Gasteiger partial charge is 0.350 e. The molecule has 1 aliphatic rings. The summed E-state index contributed by atoms with van der Waals surface area (Å²) < 4.78 is 0. The molecule has 1 fully saturated rings. The van der Waals surface area contributed by atoms with Gasteiger partial charge >= 0.3 is 0 Å². The molecule has 1 N–H and O–H groups in total. The van der Waals surface area contributed by atoms with Crippen LogP contribution in [0.4, 0.5) is 4.79 Å². The Morgan fingerprint density at radius 1 is 1.07 bits per heavy atom. The number of hydrogen-bond donors (Lipinski definition) is 1. The van der Waals surface area contributed by atoms with Crippen molar-refractivity contribution in [2.75, 3.05) is 13.1 Å². The second-order valence-corrected chi connectivity index (χ2v) is 7.38. The van der Waals surface area contributed by atoms with E-state index < -0.39 is 5.91 Å². The third kappa shape index (κ3) is 4.53. The predicted octanol–water partition coefficient (Wildman–Crippen LogP) is 4.46. The maximum absolute atomic E-state index is 12.4. The lowest BCUT2D eigenvalue weighted by Gasteiger charge is -2.13. The second kappa shape index (κ2) is 8.61. The highest BCUT2D eigenvalue weighted by Crippen LogP contribution is 2.32. The Balaban J connectivity index is 1.60. The van der Waals surface area contributed by atoms with Crippen LogP contribution in [0.15, 0.2) is 53.4 Å². The van der Waals surface area contributed by atoms with Crippen LogP contribution >= 0.6 is 35.0 Å². The van der Waals surface area contributed by atoms with Gasteiger partial charge in [-0.25, -0.2) is 0 Å². The molecule has 8 heteroatoms. The van der Waals surface area contributed by atoms with E-state index in [9.17, 15) is 14.4 Å². The zero-order valence-corrected chi connectivity index (χ0v) is 16.3. The third-order valence-corrected chi connectivity index (χ3v) is 5.51. The van der Waals surface area contributed by atoms with Crippen LogP contribution in [0.5, 0.6) is 0 Å². The summed E-state index contributed by atoms with van der Waals surface area (Å²) in [4.78, 5) is 38.2. The molecule has 0 spiro atoms. The quantitative estimate of drug-likeness (QED) is 0.724. The first kappa shape index (κ1) is 19.5. The van der Waals surface area contributed by atoms with Crippen LogP contribution in [-0.2, 0) is 4.79 Å². The molecule has 0 aromatic heterocycles. The number of rotatable bonds is 5. The van der Waals surface area contributed by atoms with Crippen molar-refractivity contribution in [1.82, 2.24) is 10.2 Å². The Morgan fingerprint density at radius 2 is 1.81 bits per heavy atom. The normalized spacial score (nSPS) is 15.5. The molecule has 3 rings (SSSR count). The van der Waals surface area contributed by atoms with Gasteiger partial charge in [-0.15, -0.1) is 0 Å². The maximum atomic E-state index is 12.4. The highest BCUT2D eigenvalue weighted by Gasteiger charge is 2.34. The van der Waals surface area contributed by atoms with E-state index in [4.69, 9.17) is 23.2 Å². The van der Waals surface area contributed by atoms with Gasteiger partial charge < -0.3 is 5.32 Å². The molecule has 0 radical (unpaired) electrons. The van der Waals surface area contributed by atoms with Gasteiger partial charge in [0.05, 0.1) is 20.5 Å². The van der Waals surface area contributed by atoms with Crippen molar-refractivity contribution in [3.8, 4) is 0 Å². The van der Waals surface area contributed by atoms with Gasteiger partial charge in [0.25, 0.3) is 17.1 Å². The van der Waals surface area contributed by atoms with Crippen LogP contribution in [-0.4, -0.2) is 35.0 Å². The van der Waals surface area contributed by atoms with Gasteiger partial charge in [-0.3, -0.25) is 19.3 Å². The Kier molecular flexibility index (Phi) is 6.21. The lowest BCUT2D eigenvalue weighted by molar-refractivity contribution is -0.122. The summed E-state index contributed by atoms with van der Waals surface area (Å²) in [5.41, 5.74) is 1.08. The Bertz CT molecular complexity index is 932. The van der Waals surface area contributed by atoms with Gasteiger partial charge in [0.2, 0.25) is 0 Å². The molecule has 27 heavy (non-hydrogen) atoms. The number of nitrogens with one attached hydrogen (secondary N) is 1. The van der Waals surface area contributed by atoms with Gasteiger partial charge in [-0.1, -0.05) is 59.6 Å². The molecular weight excluding hydrogens is 407 g/mol. The fourth-order valence-corrected chi connectivity index (χ4v) is 3.70. The van der Waals surface area contributed by atoms with E-state index in [-0.39, 0.29) is 39.8 Å². The summed E-state index contributed by atoms with van der Waals surface area (Å²) in [6.45, 7) is 0.180. The van der Waals surface area contributed by atoms with Crippen molar-refractivity contribution in [2.24, 2.45) is 0 Å². The topological polar surface area (TPSA) is 66.5 Å². The van der Waals surface area contributed by atoms with Gasteiger partial charge in [0.1, 0.15) is 0 Å². The molecule has 5 nitrogen and oxygen atoms in total. The highest BCUT2D eigenvalue weighted by atomic mass is 35.5. The highest BCUT2D eigenvalue weighted by molar-refractivity contribution is 8.18. The minimum atomic E-state index is -0.422. The van der Waals surface area contributed by atoms with Crippen molar-refractivity contribution >= 4 is 58.1 Å². The van der Waals surface area contributed by atoms with E-state index in [1.165, 1.54) is 0 Å². The van der Waals surface area contributed by atoms with Crippen LogP contribution in [0.25, 0.3) is 6.08 Å². The molecule has 0 aliphatic carbocycles. The number of carbonyl (C=O) groups excluding carboxylic acids is 3. The Morgan fingerprint density at radius 3 is 2.56 bits per heavy atom. The molecule has 0 bridgehead atoms. The first-order valence-electron chi connectivity index (χ1n) is 8.00. The molecule has 3 amide bonds. The standard InChI is InChI=1S/C19H14Cl2N2O3S/c20-14-8-4-7-13(16(14)21)17(24)22-9-10-23-18(25)15(27-19(23)26)11-12-5-2-1-3-6-12/h1-8,11H,9-10H2,(H,22,24). The second-order valence-electron chi connectivity index (χ2n) is 5.60. The predicted molar refractivity (Wildman–Crippen MR) is 108 cm³/mol. The van der Waals surface area contributed by atoms with Crippen molar-refractivity contribution in [2.45, 2.75) is 0 Å². The van der Waals surface area contributed by atoms with Crippen molar-refractivity contribution in [3.05, 3.63) is 74.6 Å². The molecule has 2 aromatic rings. The van der Waals surface area contributed by atoms with Gasteiger partial charge in [0, 0.05) is 13.1 Å². The number of amides is 3. The number of thioether (sulfide) groups is 1. The zero-order chi connectivity index (χ0) is 19.4. The van der Waals surface area contributed by atoms with Crippen LogP contribution in [0.1, 0.15) is 15.9 Å². The number of imide groups is 1. The van der Waals surface area contributed by atoms with E-state index in [2.05, 4.69) is 5.32 Å². The number of hydrogen-bond acceptors (Lipinski definition) is 4. The zero-order valence-electron chi connectivity index (χ0n) is 13.9. The minimum Gasteiger partial charge on any atom is -0.350 e. The average molecular weight is 421 g/mol. The fourth-order valence-electron chi connectivity index (χ4n) is 2.45. The van der Waals surface area contributed by atoms with Crippen LogP contribution in [0.3, 0.4) is 0 Å². The van der Waals surface area contributed by atoms with Crippen molar-refractivity contribution in [1.29, 1.82) is 0 Å². The van der Waals surface area contributed by atoms with E-state index in [1.807, 2.05) is 30.3 Å². The van der Waals surface area contributed by atoms with Gasteiger partial charge in [-0.2, -0.15) is 0 Å². The molecule has 0 unspecified atom stereocenters. The van der Waals surface area contributed by atoms with E-state index >= 15 is 0 Å². The first-order valence-corrected chi connectivity index (χ1v) is 9.57. The summed E-state index contributed by atoms with van der Waals surface area (Å²) in [6.07, 6.45) is 1.68. The van der Waals surface area contributed by atoms with Crippen LogP contribution < -0.4 is 5.32 Å². The van der Waals surface area contributed by atoms with Gasteiger partial charge in [0.15, 0.2) is 0 Å².